The molecule has 1 saturated heterocycles. The molecular formula is C18H27FN2O2. The summed E-state index contributed by atoms with van der Waals surface area (Å²) in [6.07, 6.45) is 2.04. The van der Waals surface area contributed by atoms with Crippen LogP contribution in [0.4, 0.5) is 4.39 Å². The number of rotatable bonds is 7. The van der Waals surface area contributed by atoms with E-state index in [1.54, 1.807) is 12.1 Å². The number of carbonyl (C=O) groups is 1. The molecule has 1 aliphatic rings. The average molecular weight is 322 g/mol. The lowest BCUT2D eigenvalue weighted by Crippen LogP contribution is -2.43. The molecule has 0 aromatic heterocycles. The van der Waals surface area contributed by atoms with E-state index in [1.807, 2.05) is 13.8 Å². The molecule has 23 heavy (non-hydrogen) atoms. The van der Waals surface area contributed by atoms with Gasteiger partial charge in [-0.1, -0.05) is 26.0 Å². The standard InChI is InChI=1S/C18H27FN2O2/c1-13(2)17(22)9-10-20-18(23)16-4-3-11-21(16)12-14-5-7-15(19)8-6-14/h5-8,13,16-17,22H,3-4,9-12H2,1-2H3,(H,20,23). The molecule has 0 saturated carbocycles. The van der Waals surface area contributed by atoms with E-state index in [1.165, 1.54) is 12.1 Å². The van der Waals surface area contributed by atoms with Crippen LogP contribution in [0.2, 0.25) is 0 Å². The molecule has 128 valence electrons. The third kappa shape index (κ3) is 5.29. The molecule has 1 aromatic rings. The minimum Gasteiger partial charge on any atom is -0.393 e. The van der Waals surface area contributed by atoms with Crippen LogP contribution in [0, 0.1) is 11.7 Å². The van der Waals surface area contributed by atoms with Crippen LogP contribution in [-0.2, 0) is 11.3 Å². The number of nitrogens with one attached hydrogen (secondary N) is 1. The number of hydrogen-bond acceptors (Lipinski definition) is 3. The highest BCUT2D eigenvalue weighted by Crippen LogP contribution is 2.20. The Hall–Kier alpha value is -1.46. The van der Waals surface area contributed by atoms with Crippen molar-refractivity contribution in [3.63, 3.8) is 0 Å². The smallest absolute Gasteiger partial charge is 0.237 e. The fraction of sp³-hybridized carbons (Fsp3) is 0.611. The van der Waals surface area contributed by atoms with E-state index in [0.29, 0.717) is 19.5 Å². The Labute approximate surface area is 137 Å². The molecule has 2 N–H and O–H groups in total. The molecular weight excluding hydrogens is 295 g/mol. The van der Waals surface area contributed by atoms with E-state index in [2.05, 4.69) is 10.2 Å². The van der Waals surface area contributed by atoms with E-state index < -0.39 is 0 Å². The fourth-order valence-corrected chi connectivity index (χ4v) is 2.93. The van der Waals surface area contributed by atoms with Crippen LogP contribution in [0.5, 0.6) is 0 Å². The number of benzene rings is 1. The second kappa shape index (κ2) is 8.41. The minimum atomic E-state index is -0.380. The number of nitrogens with zero attached hydrogens (tertiary/aromatic N) is 1. The first-order chi connectivity index (χ1) is 11.0. The quantitative estimate of drug-likeness (QED) is 0.810. The van der Waals surface area contributed by atoms with Crippen LogP contribution in [0.15, 0.2) is 24.3 Å². The van der Waals surface area contributed by atoms with Crippen LogP contribution < -0.4 is 5.32 Å². The Balaban J connectivity index is 1.83. The molecule has 4 nitrogen and oxygen atoms in total. The Kier molecular flexibility index (Phi) is 6.54. The van der Waals surface area contributed by atoms with Crippen LogP contribution in [-0.4, -0.2) is 41.1 Å². The van der Waals surface area contributed by atoms with Gasteiger partial charge in [0.15, 0.2) is 0 Å². The SMILES string of the molecule is CC(C)C(O)CCNC(=O)C1CCCN1Cc1ccc(F)cc1. The summed E-state index contributed by atoms with van der Waals surface area (Å²) in [6, 6.07) is 6.31. The first-order valence-corrected chi connectivity index (χ1v) is 8.41. The fourth-order valence-electron chi connectivity index (χ4n) is 2.93. The Morgan fingerprint density at radius 2 is 2.09 bits per heavy atom. The van der Waals surface area contributed by atoms with Gasteiger partial charge in [0.2, 0.25) is 5.91 Å². The summed E-state index contributed by atoms with van der Waals surface area (Å²) in [6.45, 7) is 5.97. The highest BCUT2D eigenvalue weighted by atomic mass is 19.1. The van der Waals surface area contributed by atoms with Crippen molar-refractivity contribution in [2.45, 2.75) is 51.8 Å². The van der Waals surface area contributed by atoms with Crippen molar-refractivity contribution in [1.29, 1.82) is 0 Å². The second-order valence-electron chi connectivity index (χ2n) is 6.65. The van der Waals surface area contributed by atoms with Gasteiger partial charge in [0.1, 0.15) is 5.82 Å². The summed E-state index contributed by atoms with van der Waals surface area (Å²) in [5.41, 5.74) is 1.02. The molecule has 1 amide bonds. The molecule has 2 atom stereocenters. The number of amides is 1. The molecule has 2 unspecified atom stereocenters. The molecule has 5 heteroatoms. The Morgan fingerprint density at radius 3 is 2.74 bits per heavy atom. The number of hydrogen-bond donors (Lipinski definition) is 2. The van der Waals surface area contributed by atoms with Crippen molar-refractivity contribution in [2.24, 2.45) is 5.92 Å². The third-order valence-electron chi connectivity index (χ3n) is 4.47. The van der Waals surface area contributed by atoms with E-state index in [-0.39, 0.29) is 29.8 Å². The predicted octanol–water partition coefficient (Wildman–Crippen LogP) is 2.31. The third-order valence-corrected chi connectivity index (χ3v) is 4.47. The van der Waals surface area contributed by atoms with Gasteiger partial charge < -0.3 is 10.4 Å². The lowest BCUT2D eigenvalue weighted by atomic mass is 10.0. The van der Waals surface area contributed by atoms with Gasteiger partial charge in [0.05, 0.1) is 12.1 Å². The van der Waals surface area contributed by atoms with E-state index in [4.69, 9.17) is 0 Å². The number of aliphatic hydroxyl groups is 1. The van der Waals surface area contributed by atoms with Gasteiger partial charge in [-0.15, -0.1) is 0 Å². The van der Waals surface area contributed by atoms with Gasteiger partial charge in [-0.05, 0) is 49.4 Å². The largest absolute Gasteiger partial charge is 0.393 e. The molecule has 1 fully saturated rings. The van der Waals surface area contributed by atoms with Crippen molar-refractivity contribution in [3.8, 4) is 0 Å². The van der Waals surface area contributed by atoms with Crippen LogP contribution in [0.25, 0.3) is 0 Å². The lowest BCUT2D eigenvalue weighted by molar-refractivity contribution is -0.125. The maximum atomic E-state index is 13.0. The van der Waals surface area contributed by atoms with Gasteiger partial charge in [-0.2, -0.15) is 0 Å². The highest BCUT2D eigenvalue weighted by molar-refractivity contribution is 5.82. The molecule has 0 spiro atoms. The van der Waals surface area contributed by atoms with Crippen molar-refractivity contribution in [3.05, 3.63) is 35.6 Å². The van der Waals surface area contributed by atoms with Crippen LogP contribution in [0.3, 0.4) is 0 Å². The van der Waals surface area contributed by atoms with E-state index >= 15 is 0 Å². The summed E-state index contributed by atoms with van der Waals surface area (Å²) >= 11 is 0. The normalized spacial score (nSPS) is 20.0. The average Bonchev–Trinajstić information content (AvgIpc) is 2.97. The lowest BCUT2D eigenvalue weighted by Gasteiger charge is -2.24. The first-order valence-electron chi connectivity index (χ1n) is 8.41. The first kappa shape index (κ1) is 17.9. The minimum absolute atomic E-state index is 0.0283. The molecule has 1 aromatic carbocycles. The van der Waals surface area contributed by atoms with E-state index in [9.17, 15) is 14.3 Å². The zero-order valence-electron chi connectivity index (χ0n) is 14.0. The highest BCUT2D eigenvalue weighted by Gasteiger charge is 2.30. The van der Waals surface area contributed by atoms with Crippen molar-refractivity contribution in [1.82, 2.24) is 10.2 Å². The summed E-state index contributed by atoms with van der Waals surface area (Å²) in [4.78, 5) is 14.5. The zero-order chi connectivity index (χ0) is 16.8. The topological polar surface area (TPSA) is 52.6 Å². The van der Waals surface area contributed by atoms with Crippen LogP contribution in [0.1, 0.15) is 38.7 Å². The summed E-state index contributed by atoms with van der Waals surface area (Å²) in [5.74, 6) is -0.0119. The summed E-state index contributed by atoms with van der Waals surface area (Å²) in [7, 11) is 0. The second-order valence-corrected chi connectivity index (χ2v) is 6.65. The molecule has 0 bridgehead atoms. The molecule has 2 rings (SSSR count). The summed E-state index contributed by atoms with van der Waals surface area (Å²) < 4.78 is 13.0. The summed E-state index contributed by atoms with van der Waals surface area (Å²) in [5, 5.41) is 12.7. The van der Waals surface area contributed by atoms with Crippen LogP contribution >= 0.6 is 0 Å². The molecule has 0 radical (unpaired) electrons. The van der Waals surface area contributed by atoms with Crippen molar-refractivity contribution < 1.29 is 14.3 Å². The number of carbonyl (C=O) groups excluding carboxylic acids is 1. The number of halogens is 1. The number of likely N-dealkylation sites (tertiary alicyclic amines) is 1. The maximum Gasteiger partial charge on any atom is 0.237 e. The number of aliphatic hydroxyl groups excluding tert-OH is 1. The van der Waals surface area contributed by atoms with Gasteiger partial charge >= 0.3 is 0 Å². The van der Waals surface area contributed by atoms with Crippen molar-refractivity contribution >= 4 is 5.91 Å². The monoisotopic (exact) mass is 322 g/mol. The van der Waals surface area contributed by atoms with Gasteiger partial charge in [-0.3, -0.25) is 9.69 Å². The van der Waals surface area contributed by atoms with Gasteiger partial charge in [0.25, 0.3) is 0 Å². The molecule has 1 aliphatic heterocycles. The Morgan fingerprint density at radius 1 is 1.39 bits per heavy atom. The zero-order valence-corrected chi connectivity index (χ0v) is 14.0. The molecule has 1 heterocycles. The van der Waals surface area contributed by atoms with Crippen molar-refractivity contribution in [2.75, 3.05) is 13.1 Å². The van der Waals surface area contributed by atoms with Gasteiger partial charge in [-0.25, -0.2) is 4.39 Å². The van der Waals surface area contributed by atoms with E-state index in [0.717, 1.165) is 24.9 Å². The molecule has 0 aliphatic carbocycles. The maximum absolute atomic E-state index is 13.0. The Bertz CT molecular complexity index is 504. The predicted molar refractivity (Wildman–Crippen MR) is 88.3 cm³/mol. The van der Waals surface area contributed by atoms with Gasteiger partial charge in [0, 0.05) is 13.1 Å².